The second-order valence-electron chi connectivity index (χ2n) is 3.49. The van der Waals surface area contributed by atoms with Crippen molar-refractivity contribution in [3.05, 3.63) is 21.8 Å². The van der Waals surface area contributed by atoms with Gasteiger partial charge in [-0.3, -0.25) is 9.89 Å². The van der Waals surface area contributed by atoms with Crippen molar-refractivity contribution in [2.24, 2.45) is 0 Å². The third-order valence-corrected chi connectivity index (χ3v) is 2.93. The van der Waals surface area contributed by atoms with Gasteiger partial charge in [-0.2, -0.15) is 5.10 Å². The third kappa shape index (κ3) is 1.98. The summed E-state index contributed by atoms with van der Waals surface area (Å²) in [7, 11) is 0. The highest BCUT2D eigenvalue weighted by Crippen LogP contribution is 2.37. The maximum atomic E-state index is 11.5. The van der Waals surface area contributed by atoms with E-state index in [2.05, 4.69) is 10.2 Å². The quantitative estimate of drug-likeness (QED) is 0.871. The molecule has 0 aliphatic heterocycles. The van der Waals surface area contributed by atoms with Crippen LogP contribution in [0.15, 0.2) is 6.07 Å². The summed E-state index contributed by atoms with van der Waals surface area (Å²) in [6, 6.07) is 1.55. The molecule has 0 radical (unpaired) electrons. The molecule has 2 aromatic rings. The van der Waals surface area contributed by atoms with Gasteiger partial charge in [-0.1, -0.05) is 23.2 Å². The highest BCUT2D eigenvalue weighted by Gasteiger charge is 2.19. The summed E-state index contributed by atoms with van der Waals surface area (Å²) < 4.78 is 5.46. The highest BCUT2D eigenvalue weighted by atomic mass is 35.5. The van der Waals surface area contributed by atoms with Crippen LogP contribution in [0.3, 0.4) is 0 Å². The molecule has 1 N–H and O–H groups in total. The number of nitrogens with one attached hydrogen (secondary N) is 1. The lowest BCUT2D eigenvalue weighted by molar-refractivity contribution is 0.101. The molecule has 17 heavy (non-hydrogen) atoms. The van der Waals surface area contributed by atoms with Crippen molar-refractivity contribution in [2.75, 3.05) is 6.61 Å². The van der Waals surface area contributed by atoms with Gasteiger partial charge in [0.1, 0.15) is 10.7 Å². The van der Waals surface area contributed by atoms with Gasteiger partial charge in [0.05, 0.1) is 22.6 Å². The Bertz CT molecular complexity index is 593. The van der Waals surface area contributed by atoms with E-state index in [1.165, 1.54) is 6.92 Å². The van der Waals surface area contributed by atoms with E-state index < -0.39 is 0 Å². The molecule has 1 aromatic heterocycles. The number of H-pyrrole nitrogens is 1. The number of hydrogen-bond acceptors (Lipinski definition) is 3. The summed E-state index contributed by atoms with van der Waals surface area (Å²) >= 11 is 12.0. The maximum absolute atomic E-state index is 11.5. The average Bonchev–Trinajstić information content (AvgIpc) is 2.65. The third-order valence-electron chi connectivity index (χ3n) is 2.36. The molecule has 6 heteroatoms. The van der Waals surface area contributed by atoms with E-state index in [9.17, 15) is 4.79 Å². The smallest absolute Gasteiger partial charge is 0.163 e. The number of Topliss-reactive ketones (excluding diaryl/α,β-unsaturated/α-hetero) is 1. The van der Waals surface area contributed by atoms with Crippen molar-refractivity contribution in [1.29, 1.82) is 0 Å². The van der Waals surface area contributed by atoms with Crippen molar-refractivity contribution < 1.29 is 9.53 Å². The molecule has 90 valence electrons. The first kappa shape index (κ1) is 12.2. The molecule has 0 aliphatic rings. The Kier molecular flexibility index (Phi) is 3.26. The van der Waals surface area contributed by atoms with Crippen LogP contribution in [0.5, 0.6) is 5.75 Å². The molecule has 1 heterocycles. The first-order valence-electron chi connectivity index (χ1n) is 5.06. The predicted molar refractivity (Wildman–Crippen MR) is 67.3 cm³/mol. The van der Waals surface area contributed by atoms with Gasteiger partial charge in [-0.25, -0.2) is 0 Å². The summed E-state index contributed by atoms with van der Waals surface area (Å²) in [6.07, 6.45) is 0. The van der Waals surface area contributed by atoms with Crippen LogP contribution < -0.4 is 4.74 Å². The Morgan fingerprint density at radius 1 is 1.53 bits per heavy atom. The molecule has 0 fully saturated rings. The minimum absolute atomic E-state index is 0.128. The van der Waals surface area contributed by atoms with Gasteiger partial charge in [0, 0.05) is 0 Å². The van der Waals surface area contributed by atoms with Gasteiger partial charge in [0.25, 0.3) is 0 Å². The molecule has 2 rings (SSSR count). The molecule has 0 spiro atoms. The maximum Gasteiger partial charge on any atom is 0.163 e. The van der Waals surface area contributed by atoms with E-state index in [1.807, 2.05) is 6.92 Å². The minimum Gasteiger partial charge on any atom is -0.491 e. The standard InChI is InChI=1S/C11H10Cl2N2O2/c1-3-17-10-6(5(2)16)4-7(12)8-9(10)14-15-11(8)13/h4H,3H2,1-2H3,(H,14,15). The second kappa shape index (κ2) is 4.55. The van der Waals surface area contributed by atoms with Crippen LogP contribution in [-0.2, 0) is 0 Å². The Balaban J connectivity index is 2.83. The minimum atomic E-state index is -0.128. The zero-order chi connectivity index (χ0) is 12.6. The number of ether oxygens (including phenoxy) is 1. The van der Waals surface area contributed by atoms with Crippen molar-refractivity contribution >= 4 is 39.9 Å². The van der Waals surface area contributed by atoms with Crippen LogP contribution in [0.4, 0.5) is 0 Å². The highest BCUT2D eigenvalue weighted by molar-refractivity contribution is 6.42. The molecule has 1 aromatic carbocycles. The van der Waals surface area contributed by atoms with E-state index in [0.29, 0.717) is 39.0 Å². The van der Waals surface area contributed by atoms with Crippen LogP contribution in [-0.4, -0.2) is 22.6 Å². The summed E-state index contributed by atoms with van der Waals surface area (Å²) in [5.41, 5.74) is 0.891. The van der Waals surface area contributed by atoms with E-state index in [1.54, 1.807) is 6.07 Å². The summed E-state index contributed by atoms with van der Waals surface area (Å²) in [4.78, 5) is 11.5. The molecular formula is C11H10Cl2N2O2. The Hall–Kier alpha value is -1.26. The lowest BCUT2D eigenvalue weighted by Crippen LogP contribution is -2.01. The van der Waals surface area contributed by atoms with Gasteiger partial charge in [0.2, 0.25) is 0 Å². The van der Waals surface area contributed by atoms with Gasteiger partial charge < -0.3 is 4.74 Å². The van der Waals surface area contributed by atoms with Gasteiger partial charge in [-0.15, -0.1) is 0 Å². The predicted octanol–water partition coefficient (Wildman–Crippen LogP) is 3.47. The van der Waals surface area contributed by atoms with Gasteiger partial charge in [-0.05, 0) is 19.9 Å². The summed E-state index contributed by atoms with van der Waals surface area (Å²) in [6.45, 7) is 3.72. The first-order chi connectivity index (χ1) is 8.06. The van der Waals surface area contributed by atoms with E-state index in [0.717, 1.165) is 0 Å². The van der Waals surface area contributed by atoms with Crippen LogP contribution in [0.2, 0.25) is 10.2 Å². The molecule has 0 saturated carbocycles. The molecular weight excluding hydrogens is 263 g/mol. The number of halogens is 2. The van der Waals surface area contributed by atoms with Crippen LogP contribution in [0, 0.1) is 0 Å². The van der Waals surface area contributed by atoms with E-state index in [-0.39, 0.29) is 5.78 Å². The number of rotatable bonds is 3. The molecule has 0 atom stereocenters. The lowest BCUT2D eigenvalue weighted by Gasteiger charge is -2.09. The van der Waals surface area contributed by atoms with Crippen LogP contribution in [0.1, 0.15) is 24.2 Å². The SMILES string of the molecule is CCOc1c(C(C)=O)cc(Cl)c2c(Cl)[nH]nc12. The number of ketones is 1. The number of nitrogens with zero attached hydrogens (tertiary/aromatic N) is 1. The topological polar surface area (TPSA) is 55.0 Å². The molecule has 0 saturated heterocycles. The Labute approximate surface area is 108 Å². The Morgan fingerprint density at radius 3 is 2.82 bits per heavy atom. The van der Waals surface area contributed by atoms with Crippen molar-refractivity contribution in [3.8, 4) is 5.75 Å². The monoisotopic (exact) mass is 272 g/mol. The fraction of sp³-hybridized carbons (Fsp3) is 0.273. The number of benzene rings is 1. The molecule has 0 unspecified atom stereocenters. The second-order valence-corrected chi connectivity index (χ2v) is 4.27. The normalized spacial score (nSPS) is 10.8. The van der Waals surface area contributed by atoms with E-state index >= 15 is 0 Å². The molecule has 0 aliphatic carbocycles. The fourth-order valence-electron chi connectivity index (χ4n) is 1.65. The number of aromatic nitrogens is 2. The van der Waals surface area contributed by atoms with Crippen molar-refractivity contribution in [1.82, 2.24) is 10.2 Å². The fourth-order valence-corrected chi connectivity index (χ4v) is 2.22. The van der Waals surface area contributed by atoms with Crippen molar-refractivity contribution in [3.63, 3.8) is 0 Å². The largest absolute Gasteiger partial charge is 0.491 e. The molecule has 0 amide bonds. The number of aromatic amines is 1. The van der Waals surface area contributed by atoms with Gasteiger partial charge >= 0.3 is 0 Å². The van der Waals surface area contributed by atoms with E-state index in [4.69, 9.17) is 27.9 Å². The number of carbonyl (C=O) groups is 1. The van der Waals surface area contributed by atoms with Crippen LogP contribution in [0.25, 0.3) is 10.9 Å². The Morgan fingerprint density at radius 2 is 2.24 bits per heavy atom. The zero-order valence-electron chi connectivity index (χ0n) is 9.30. The number of hydrogen-bond donors (Lipinski definition) is 1. The lowest BCUT2D eigenvalue weighted by atomic mass is 10.1. The van der Waals surface area contributed by atoms with Crippen molar-refractivity contribution in [2.45, 2.75) is 13.8 Å². The van der Waals surface area contributed by atoms with Gasteiger partial charge in [0.15, 0.2) is 11.5 Å². The molecule has 0 bridgehead atoms. The number of carbonyl (C=O) groups excluding carboxylic acids is 1. The number of fused-ring (bicyclic) bond motifs is 1. The molecule has 4 nitrogen and oxygen atoms in total. The average molecular weight is 273 g/mol. The summed E-state index contributed by atoms with van der Waals surface area (Å²) in [5, 5.41) is 7.93. The van der Waals surface area contributed by atoms with Crippen LogP contribution >= 0.6 is 23.2 Å². The summed E-state index contributed by atoms with van der Waals surface area (Å²) in [5.74, 6) is 0.291. The zero-order valence-corrected chi connectivity index (χ0v) is 10.8. The first-order valence-corrected chi connectivity index (χ1v) is 5.81.